The van der Waals surface area contributed by atoms with Gasteiger partial charge in [-0.3, -0.25) is 4.72 Å². The molecule has 0 atom stereocenters. The number of nitrogens with one attached hydrogen (secondary N) is 1. The number of esters is 1. The maximum Gasteiger partial charge on any atom is 0.338 e. The Balaban J connectivity index is 2.52. The van der Waals surface area contributed by atoms with E-state index in [-0.39, 0.29) is 18.4 Å². The fraction of sp³-hybridized carbons (Fsp3) is 0.458. The van der Waals surface area contributed by atoms with Crippen LogP contribution in [-0.4, -0.2) is 21.0 Å². The van der Waals surface area contributed by atoms with Crippen LogP contribution in [0.5, 0.6) is 0 Å². The molecule has 1 N–H and O–H groups in total. The fourth-order valence-electron chi connectivity index (χ4n) is 3.29. The molecule has 5 nitrogen and oxygen atoms in total. The summed E-state index contributed by atoms with van der Waals surface area (Å²) in [5.41, 5.74) is 3.56. The highest BCUT2D eigenvalue weighted by molar-refractivity contribution is 7.92. The largest absolute Gasteiger partial charge is 0.462 e. The van der Waals surface area contributed by atoms with E-state index < -0.39 is 16.0 Å². The van der Waals surface area contributed by atoms with Crippen LogP contribution in [0, 0.1) is 0 Å². The van der Waals surface area contributed by atoms with E-state index in [2.05, 4.69) is 18.6 Å². The zero-order valence-corrected chi connectivity index (χ0v) is 19.8. The number of benzene rings is 2. The Morgan fingerprint density at radius 2 is 1.40 bits per heavy atom. The SMILES string of the molecule is CCOC(=O)c1ccc(NS(=O)(=O)c2c(C(C)C)cc(C(C)C)cc2C(C)C)cc1. The first-order valence-electron chi connectivity index (χ1n) is 10.5. The molecule has 2 rings (SSSR count). The van der Waals surface area contributed by atoms with Crippen molar-refractivity contribution in [3.8, 4) is 0 Å². The summed E-state index contributed by atoms with van der Waals surface area (Å²) in [6.07, 6.45) is 0. The van der Waals surface area contributed by atoms with Gasteiger partial charge in [0.2, 0.25) is 0 Å². The predicted octanol–water partition coefficient (Wildman–Crippen LogP) is 6.03. The molecule has 0 unspecified atom stereocenters. The van der Waals surface area contributed by atoms with Crippen molar-refractivity contribution in [2.45, 2.75) is 71.1 Å². The van der Waals surface area contributed by atoms with Crippen LogP contribution in [0.15, 0.2) is 41.3 Å². The lowest BCUT2D eigenvalue weighted by Gasteiger charge is -2.23. The van der Waals surface area contributed by atoms with Crippen LogP contribution in [0.4, 0.5) is 5.69 Å². The van der Waals surface area contributed by atoms with Gasteiger partial charge in [0.1, 0.15) is 0 Å². The van der Waals surface area contributed by atoms with Gasteiger partial charge < -0.3 is 4.74 Å². The van der Waals surface area contributed by atoms with Gasteiger partial charge in [-0.05, 0) is 65.6 Å². The van der Waals surface area contributed by atoms with Gasteiger partial charge in [0.25, 0.3) is 10.0 Å². The van der Waals surface area contributed by atoms with Gasteiger partial charge in [0, 0.05) is 5.69 Å². The Labute approximate surface area is 180 Å². The van der Waals surface area contributed by atoms with Crippen molar-refractivity contribution < 1.29 is 17.9 Å². The van der Waals surface area contributed by atoms with Crippen molar-refractivity contribution in [2.75, 3.05) is 11.3 Å². The molecule has 164 valence electrons. The van der Waals surface area contributed by atoms with Crippen LogP contribution < -0.4 is 4.72 Å². The topological polar surface area (TPSA) is 72.5 Å². The van der Waals surface area contributed by atoms with Crippen molar-refractivity contribution in [2.24, 2.45) is 0 Å². The number of sulfonamides is 1. The van der Waals surface area contributed by atoms with Gasteiger partial charge in [0.05, 0.1) is 17.1 Å². The lowest BCUT2D eigenvalue weighted by molar-refractivity contribution is 0.0526. The molecule has 0 aliphatic rings. The smallest absolute Gasteiger partial charge is 0.338 e. The number of carbonyl (C=O) groups excluding carboxylic acids is 1. The van der Waals surface area contributed by atoms with Crippen LogP contribution in [0.25, 0.3) is 0 Å². The van der Waals surface area contributed by atoms with Gasteiger partial charge in [-0.15, -0.1) is 0 Å². The zero-order valence-electron chi connectivity index (χ0n) is 18.9. The summed E-state index contributed by atoms with van der Waals surface area (Å²) in [6.45, 7) is 14.3. The van der Waals surface area contributed by atoms with Crippen molar-refractivity contribution in [3.63, 3.8) is 0 Å². The first-order chi connectivity index (χ1) is 14.0. The fourth-order valence-corrected chi connectivity index (χ4v) is 5.05. The van der Waals surface area contributed by atoms with Crippen molar-refractivity contribution in [1.29, 1.82) is 0 Å². The third kappa shape index (κ3) is 5.42. The first-order valence-corrected chi connectivity index (χ1v) is 11.9. The summed E-state index contributed by atoms with van der Waals surface area (Å²) in [6, 6.07) is 10.3. The van der Waals surface area contributed by atoms with Crippen molar-refractivity contribution in [3.05, 3.63) is 58.7 Å². The quantitative estimate of drug-likeness (QED) is 0.518. The average Bonchev–Trinajstić information content (AvgIpc) is 2.67. The third-order valence-corrected chi connectivity index (χ3v) is 6.51. The maximum atomic E-state index is 13.5. The Bertz CT molecular complexity index is 961. The molecule has 0 saturated carbocycles. The van der Waals surface area contributed by atoms with E-state index in [1.165, 1.54) is 0 Å². The third-order valence-electron chi connectivity index (χ3n) is 5.00. The van der Waals surface area contributed by atoms with Gasteiger partial charge in [0.15, 0.2) is 0 Å². The van der Waals surface area contributed by atoms with Crippen molar-refractivity contribution >= 4 is 21.7 Å². The molecule has 6 heteroatoms. The minimum absolute atomic E-state index is 0.0546. The molecule has 0 heterocycles. The summed E-state index contributed by atoms with van der Waals surface area (Å²) >= 11 is 0. The van der Waals surface area contributed by atoms with Crippen LogP contribution >= 0.6 is 0 Å². The number of ether oxygens (including phenoxy) is 1. The summed E-state index contributed by atoms with van der Waals surface area (Å²) in [5, 5.41) is 0. The summed E-state index contributed by atoms with van der Waals surface area (Å²) in [7, 11) is -3.82. The lowest BCUT2D eigenvalue weighted by Crippen LogP contribution is -2.19. The Kier molecular flexibility index (Phi) is 7.70. The standard InChI is InChI=1S/C24H33NO4S/c1-8-29-24(26)18-9-11-20(12-10-18)25-30(27,28)23-21(16(4)5)13-19(15(2)3)14-22(23)17(6)7/h9-17,25H,8H2,1-7H3. The van der Waals surface area contributed by atoms with E-state index in [0.717, 1.165) is 16.7 Å². The lowest BCUT2D eigenvalue weighted by atomic mass is 9.89. The van der Waals surface area contributed by atoms with Crippen molar-refractivity contribution in [1.82, 2.24) is 0 Å². The number of hydrogen-bond donors (Lipinski definition) is 1. The van der Waals surface area contributed by atoms with Gasteiger partial charge in [-0.1, -0.05) is 53.7 Å². The van der Waals surface area contributed by atoms with Crippen LogP contribution in [0.3, 0.4) is 0 Å². The molecule has 2 aromatic rings. The molecule has 30 heavy (non-hydrogen) atoms. The van der Waals surface area contributed by atoms with Crippen LogP contribution in [-0.2, 0) is 14.8 Å². The first kappa shape index (κ1) is 23.9. The minimum Gasteiger partial charge on any atom is -0.462 e. The van der Waals surface area contributed by atoms with E-state index in [1.807, 2.05) is 39.8 Å². The van der Waals surface area contributed by atoms with Gasteiger partial charge >= 0.3 is 5.97 Å². The second-order valence-electron chi connectivity index (χ2n) is 8.40. The van der Waals surface area contributed by atoms with E-state index in [4.69, 9.17) is 4.74 Å². The van der Waals surface area contributed by atoms with E-state index in [0.29, 0.717) is 22.1 Å². The number of rotatable bonds is 8. The molecule has 2 aromatic carbocycles. The second-order valence-corrected chi connectivity index (χ2v) is 10.0. The number of hydrogen-bond acceptors (Lipinski definition) is 4. The van der Waals surface area contributed by atoms with Gasteiger partial charge in [-0.25, -0.2) is 13.2 Å². The molecule has 0 aliphatic heterocycles. The molecule has 0 amide bonds. The molecular formula is C24H33NO4S. The summed E-state index contributed by atoms with van der Waals surface area (Å²) < 4.78 is 34.6. The Morgan fingerprint density at radius 1 is 0.900 bits per heavy atom. The van der Waals surface area contributed by atoms with Crippen LogP contribution in [0.2, 0.25) is 0 Å². The molecular weight excluding hydrogens is 398 g/mol. The van der Waals surface area contributed by atoms with E-state index in [9.17, 15) is 13.2 Å². The second kappa shape index (κ2) is 9.65. The van der Waals surface area contributed by atoms with Gasteiger partial charge in [-0.2, -0.15) is 0 Å². The van der Waals surface area contributed by atoms with Crippen LogP contribution in [0.1, 0.15) is 93.3 Å². The Hall–Kier alpha value is -2.34. The number of carbonyl (C=O) groups is 1. The minimum atomic E-state index is -3.82. The Morgan fingerprint density at radius 3 is 1.80 bits per heavy atom. The number of anilines is 1. The predicted molar refractivity (Wildman–Crippen MR) is 122 cm³/mol. The summed E-state index contributed by atoms with van der Waals surface area (Å²) in [4.78, 5) is 12.2. The normalized spacial score (nSPS) is 11.9. The molecule has 0 saturated heterocycles. The highest BCUT2D eigenvalue weighted by atomic mass is 32.2. The monoisotopic (exact) mass is 431 g/mol. The molecule has 0 spiro atoms. The highest BCUT2D eigenvalue weighted by Crippen LogP contribution is 2.36. The highest BCUT2D eigenvalue weighted by Gasteiger charge is 2.27. The molecule has 0 fully saturated rings. The summed E-state index contributed by atoms with van der Waals surface area (Å²) in [5.74, 6) is -0.0153. The zero-order chi connectivity index (χ0) is 22.6. The van der Waals surface area contributed by atoms with E-state index in [1.54, 1.807) is 31.2 Å². The molecule has 0 aromatic heterocycles. The average molecular weight is 432 g/mol. The molecule has 0 aliphatic carbocycles. The maximum absolute atomic E-state index is 13.5. The molecule has 0 radical (unpaired) electrons. The molecule has 0 bridgehead atoms. The van der Waals surface area contributed by atoms with E-state index >= 15 is 0 Å².